The minimum Gasteiger partial charge on any atom is -0.497 e. The molecule has 1 atom stereocenters. The maximum absolute atomic E-state index is 12.4. The quantitative estimate of drug-likeness (QED) is 0.775. The number of ether oxygens (including phenoxy) is 2. The van der Waals surface area contributed by atoms with E-state index in [4.69, 9.17) is 9.47 Å². The average Bonchev–Trinajstić information content (AvgIpc) is 2.95. The average molecular weight is 263 g/mol. The monoisotopic (exact) mass is 263 g/mol. The molecule has 1 fully saturated rings. The van der Waals surface area contributed by atoms with Gasteiger partial charge in [-0.2, -0.15) is 0 Å². The summed E-state index contributed by atoms with van der Waals surface area (Å²) >= 11 is 0. The molecule has 0 aromatic heterocycles. The molecule has 0 aliphatic carbocycles. The lowest BCUT2D eigenvalue weighted by atomic mass is 10.1. The number of carbonyl (C=O) groups is 2. The molecule has 5 nitrogen and oxygen atoms in total. The van der Waals surface area contributed by atoms with Crippen LogP contribution in [0.5, 0.6) is 5.75 Å². The Labute approximate surface area is 112 Å². The smallest absolute Gasteiger partial charge is 0.328 e. The summed E-state index contributed by atoms with van der Waals surface area (Å²) in [5, 5.41) is 0. The molecule has 2 rings (SSSR count). The standard InChI is InChI=1S/C14H17NO4/c1-18-11-7-5-10(6-8-11)13(16)15-9-3-4-12(15)14(17)19-2/h5-8,12H,3-4,9H2,1-2H3. The van der Waals surface area contributed by atoms with Gasteiger partial charge in [0.1, 0.15) is 11.8 Å². The van der Waals surface area contributed by atoms with Crippen molar-refractivity contribution in [3.05, 3.63) is 29.8 Å². The third-order valence-electron chi connectivity index (χ3n) is 3.32. The van der Waals surface area contributed by atoms with Crippen LogP contribution in [0.1, 0.15) is 23.2 Å². The lowest BCUT2D eigenvalue weighted by Gasteiger charge is -2.22. The Kier molecular flexibility index (Phi) is 4.04. The van der Waals surface area contributed by atoms with E-state index in [9.17, 15) is 9.59 Å². The predicted octanol–water partition coefficient (Wildman–Crippen LogP) is 1.47. The molecule has 0 radical (unpaired) electrons. The molecule has 1 unspecified atom stereocenters. The normalized spacial score (nSPS) is 18.2. The van der Waals surface area contributed by atoms with E-state index in [1.165, 1.54) is 7.11 Å². The second-order valence-electron chi connectivity index (χ2n) is 4.41. The topological polar surface area (TPSA) is 55.8 Å². The van der Waals surface area contributed by atoms with E-state index < -0.39 is 6.04 Å². The van der Waals surface area contributed by atoms with Crippen LogP contribution in [0, 0.1) is 0 Å². The van der Waals surface area contributed by atoms with Gasteiger partial charge < -0.3 is 14.4 Å². The van der Waals surface area contributed by atoms with Crippen molar-refractivity contribution in [3.8, 4) is 5.75 Å². The van der Waals surface area contributed by atoms with Crippen molar-refractivity contribution >= 4 is 11.9 Å². The molecule has 0 N–H and O–H groups in total. The summed E-state index contributed by atoms with van der Waals surface area (Å²) < 4.78 is 9.79. The summed E-state index contributed by atoms with van der Waals surface area (Å²) in [7, 11) is 2.92. The Morgan fingerprint density at radius 1 is 1.21 bits per heavy atom. The highest BCUT2D eigenvalue weighted by Crippen LogP contribution is 2.22. The van der Waals surface area contributed by atoms with Crippen LogP contribution in [0.15, 0.2) is 24.3 Å². The fraction of sp³-hybridized carbons (Fsp3) is 0.429. The van der Waals surface area contributed by atoms with Crippen molar-refractivity contribution in [3.63, 3.8) is 0 Å². The van der Waals surface area contributed by atoms with Crippen molar-refractivity contribution < 1.29 is 19.1 Å². The first-order chi connectivity index (χ1) is 9.17. The molecule has 0 saturated carbocycles. The molecule has 1 aromatic rings. The van der Waals surface area contributed by atoms with Crippen LogP contribution in [0.2, 0.25) is 0 Å². The molecule has 5 heteroatoms. The summed E-state index contributed by atoms with van der Waals surface area (Å²) in [4.78, 5) is 25.6. The third kappa shape index (κ3) is 2.70. The third-order valence-corrected chi connectivity index (χ3v) is 3.32. The Bertz CT molecular complexity index is 469. The molecule has 19 heavy (non-hydrogen) atoms. The van der Waals surface area contributed by atoms with Gasteiger partial charge in [-0.05, 0) is 37.1 Å². The molecule has 1 aromatic carbocycles. The molecule has 0 spiro atoms. The van der Waals surface area contributed by atoms with Crippen LogP contribution in [0.3, 0.4) is 0 Å². The fourth-order valence-corrected chi connectivity index (χ4v) is 2.29. The Morgan fingerprint density at radius 3 is 2.47 bits per heavy atom. The van der Waals surface area contributed by atoms with Gasteiger partial charge in [0.05, 0.1) is 14.2 Å². The van der Waals surface area contributed by atoms with E-state index in [1.807, 2.05) is 0 Å². The van der Waals surface area contributed by atoms with E-state index in [0.717, 1.165) is 6.42 Å². The number of benzene rings is 1. The molecule has 102 valence electrons. The summed E-state index contributed by atoms with van der Waals surface area (Å²) in [6.07, 6.45) is 1.48. The highest BCUT2D eigenvalue weighted by Gasteiger charge is 2.35. The molecule has 0 bridgehead atoms. The first-order valence-electron chi connectivity index (χ1n) is 6.20. The predicted molar refractivity (Wildman–Crippen MR) is 69.1 cm³/mol. The van der Waals surface area contributed by atoms with Crippen molar-refractivity contribution in [2.24, 2.45) is 0 Å². The van der Waals surface area contributed by atoms with E-state index >= 15 is 0 Å². The van der Waals surface area contributed by atoms with Gasteiger partial charge >= 0.3 is 5.97 Å². The number of hydrogen-bond acceptors (Lipinski definition) is 4. The molecular weight excluding hydrogens is 246 g/mol. The van der Waals surface area contributed by atoms with Crippen LogP contribution >= 0.6 is 0 Å². The largest absolute Gasteiger partial charge is 0.497 e. The summed E-state index contributed by atoms with van der Waals surface area (Å²) in [5.41, 5.74) is 0.552. The summed E-state index contributed by atoms with van der Waals surface area (Å²) in [5.74, 6) is 0.206. The maximum atomic E-state index is 12.4. The molecule has 1 saturated heterocycles. The van der Waals surface area contributed by atoms with Crippen molar-refractivity contribution in [1.29, 1.82) is 0 Å². The van der Waals surface area contributed by atoms with Crippen LogP contribution in [-0.2, 0) is 9.53 Å². The van der Waals surface area contributed by atoms with Gasteiger partial charge in [0.25, 0.3) is 5.91 Å². The van der Waals surface area contributed by atoms with Crippen molar-refractivity contribution in [2.45, 2.75) is 18.9 Å². The van der Waals surface area contributed by atoms with E-state index in [1.54, 1.807) is 36.3 Å². The Balaban J connectivity index is 2.15. The number of hydrogen-bond donors (Lipinski definition) is 0. The fourth-order valence-electron chi connectivity index (χ4n) is 2.29. The van der Waals surface area contributed by atoms with E-state index in [0.29, 0.717) is 24.3 Å². The zero-order valence-electron chi connectivity index (χ0n) is 11.1. The minimum absolute atomic E-state index is 0.143. The van der Waals surface area contributed by atoms with Gasteiger partial charge in [0, 0.05) is 12.1 Å². The summed E-state index contributed by atoms with van der Waals surface area (Å²) in [6, 6.07) is 6.41. The van der Waals surface area contributed by atoms with Crippen molar-refractivity contribution in [2.75, 3.05) is 20.8 Å². The minimum atomic E-state index is -0.459. The number of methoxy groups -OCH3 is 2. The first kappa shape index (κ1) is 13.4. The zero-order chi connectivity index (χ0) is 13.8. The SMILES string of the molecule is COC(=O)C1CCCN1C(=O)c1ccc(OC)cc1. The van der Waals surface area contributed by atoms with Gasteiger partial charge in [-0.25, -0.2) is 4.79 Å². The van der Waals surface area contributed by atoms with Crippen LogP contribution in [-0.4, -0.2) is 43.6 Å². The van der Waals surface area contributed by atoms with E-state index in [-0.39, 0.29) is 11.9 Å². The molecular formula is C14H17NO4. The van der Waals surface area contributed by atoms with Gasteiger partial charge in [0.2, 0.25) is 0 Å². The second kappa shape index (κ2) is 5.73. The Morgan fingerprint density at radius 2 is 1.89 bits per heavy atom. The van der Waals surface area contributed by atoms with Crippen LogP contribution in [0.4, 0.5) is 0 Å². The number of nitrogens with zero attached hydrogens (tertiary/aromatic N) is 1. The van der Waals surface area contributed by atoms with Crippen LogP contribution in [0.25, 0.3) is 0 Å². The molecule has 1 amide bonds. The number of esters is 1. The number of carbonyl (C=O) groups excluding carboxylic acids is 2. The van der Waals surface area contributed by atoms with E-state index in [2.05, 4.69) is 0 Å². The van der Waals surface area contributed by atoms with Gasteiger partial charge in [0.15, 0.2) is 0 Å². The lowest BCUT2D eigenvalue weighted by molar-refractivity contribution is -0.145. The van der Waals surface area contributed by atoms with Gasteiger partial charge in [-0.3, -0.25) is 4.79 Å². The summed E-state index contributed by atoms with van der Waals surface area (Å²) in [6.45, 7) is 0.588. The highest BCUT2D eigenvalue weighted by atomic mass is 16.5. The van der Waals surface area contributed by atoms with Gasteiger partial charge in [-0.1, -0.05) is 0 Å². The van der Waals surface area contributed by atoms with Crippen molar-refractivity contribution in [1.82, 2.24) is 4.90 Å². The highest BCUT2D eigenvalue weighted by molar-refractivity contribution is 5.97. The Hall–Kier alpha value is -2.04. The number of amides is 1. The van der Waals surface area contributed by atoms with Crippen LogP contribution < -0.4 is 4.74 Å². The molecule has 1 heterocycles. The zero-order valence-corrected chi connectivity index (χ0v) is 11.1. The first-order valence-corrected chi connectivity index (χ1v) is 6.20. The number of likely N-dealkylation sites (tertiary alicyclic amines) is 1. The molecule has 1 aliphatic rings. The second-order valence-corrected chi connectivity index (χ2v) is 4.41. The number of rotatable bonds is 3. The van der Waals surface area contributed by atoms with Gasteiger partial charge in [-0.15, -0.1) is 0 Å². The lowest BCUT2D eigenvalue weighted by Crippen LogP contribution is -2.41. The molecule has 1 aliphatic heterocycles. The maximum Gasteiger partial charge on any atom is 0.328 e.